The summed E-state index contributed by atoms with van der Waals surface area (Å²) in [7, 11) is 0. The van der Waals surface area contributed by atoms with Crippen LogP contribution in [-0.4, -0.2) is 44.5 Å². The molecule has 1 aliphatic rings. The molecule has 5 aromatic rings. The quantitative estimate of drug-likeness (QED) is 0.340. The molecule has 6 rings (SSSR count). The Kier molecular flexibility index (Phi) is 5.33. The first-order chi connectivity index (χ1) is 17.6. The van der Waals surface area contributed by atoms with Gasteiger partial charge in [0.2, 0.25) is 18.6 Å². The van der Waals surface area contributed by atoms with Crippen molar-refractivity contribution in [2.45, 2.75) is 20.4 Å². The van der Waals surface area contributed by atoms with Gasteiger partial charge < -0.3 is 23.3 Å². The van der Waals surface area contributed by atoms with Crippen LogP contribution in [0.15, 0.2) is 63.5 Å². The van der Waals surface area contributed by atoms with Gasteiger partial charge in [-0.2, -0.15) is 0 Å². The second-order valence-electron chi connectivity index (χ2n) is 8.28. The summed E-state index contributed by atoms with van der Waals surface area (Å²) in [4.78, 5) is 19.9. The molecule has 4 heterocycles. The van der Waals surface area contributed by atoms with Crippen LogP contribution in [0.2, 0.25) is 0 Å². The standard InChI is InChI=1S/C26H21N5O5/c1-3-31(13-21-28-29-24(35-21)16-7-5-4-6-8-16)26(32)18-11-15(2)27-25-22(18)23(30-36-25)17-9-10-19-20(12-17)34-14-33-19/h4-12H,3,13-14H2,1-2H3. The third kappa shape index (κ3) is 3.82. The summed E-state index contributed by atoms with van der Waals surface area (Å²) in [6.07, 6.45) is 0. The average Bonchev–Trinajstić information content (AvgIpc) is 3.66. The van der Waals surface area contributed by atoms with E-state index in [9.17, 15) is 4.79 Å². The highest BCUT2D eigenvalue weighted by Gasteiger charge is 2.26. The minimum Gasteiger partial charge on any atom is -0.454 e. The minimum atomic E-state index is -0.224. The number of pyridine rings is 1. The fourth-order valence-corrected chi connectivity index (χ4v) is 4.16. The van der Waals surface area contributed by atoms with Gasteiger partial charge in [0.05, 0.1) is 17.5 Å². The topological polar surface area (TPSA) is 117 Å². The van der Waals surface area contributed by atoms with Gasteiger partial charge in [-0.3, -0.25) is 4.79 Å². The van der Waals surface area contributed by atoms with Gasteiger partial charge in [0, 0.05) is 23.4 Å². The molecule has 0 fully saturated rings. The molecule has 0 bridgehead atoms. The fourth-order valence-electron chi connectivity index (χ4n) is 4.16. The van der Waals surface area contributed by atoms with Crippen molar-refractivity contribution in [2.24, 2.45) is 0 Å². The first-order valence-electron chi connectivity index (χ1n) is 11.4. The van der Waals surface area contributed by atoms with E-state index >= 15 is 0 Å². The van der Waals surface area contributed by atoms with E-state index in [2.05, 4.69) is 20.3 Å². The Morgan fingerprint density at radius 3 is 2.67 bits per heavy atom. The Hall–Kier alpha value is -4.73. The van der Waals surface area contributed by atoms with Crippen molar-refractivity contribution in [2.75, 3.05) is 13.3 Å². The van der Waals surface area contributed by atoms with Gasteiger partial charge in [-0.25, -0.2) is 4.98 Å². The number of fused-ring (bicyclic) bond motifs is 2. The highest BCUT2D eigenvalue weighted by atomic mass is 16.7. The zero-order valence-corrected chi connectivity index (χ0v) is 19.6. The molecule has 10 heteroatoms. The van der Waals surface area contributed by atoms with Crippen LogP contribution in [-0.2, 0) is 6.54 Å². The largest absolute Gasteiger partial charge is 0.454 e. The molecular formula is C26H21N5O5. The molecule has 0 radical (unpaired) electrons. The van der Waals surface area contributed by atoms with Crippen molar-refractivity contribution >= 4 is 17.0 Å². The van der Waals surface area contributed by atoms with Crippen LogP contribution >= 0.6 is 0 Å². The summed E-state index contributed by atoms with van der Waals surface area (Å²) >= 11 is 0. The molecule has 2 aromatic carbocycles. The molecular weight excluding hydrogens is 462 g/mol. The van der Waals surface area contributed by atoms with Gasteiger partial charge in [-0.15, -0.1) is 10.2 Å². The SMILES string of the molecule is CCN(Cc1nnc(-c2ccccc2)o1)C(=O)c1cc(C)nc2onc(-c3ccc4c(c3)OCO4)c12. The van der Waals surface area contributed by atoms with Crippen molar-refractivity contribution in [1.82, 2.24) is 25.2 Å². The molecule has 0 atom stereocenters. The summed E-state index contributed by atoms with van der Waals surface area (Å²) in [6.45, 7) is 4.44. The first kappa shape index (κ1) is 21.8. The summed E-state index contributed by atoms with van der Waals surface area (Å²) in [5.74, 6) is 1.78. The van der Waals surface area contributed by atoms with Crippen molar-refractivity contribution in [3.8, 4) is 34.2 Å². The lowest BCUT2D eigenvalue weighted by atomic mass is 10.0. The monoisotopic (exact) mass is 483 g/mol. The molecule has 0 saturated heterocycles. The number of hydrogen-bond acceptors (Lipinski definition) is 9. The van der Waals surface area contributed by atoms with E-state index in [0.717, 1.165) is 11.1 Å². The Balaban J connectivity index is 1.35. The van der Waals surface area contributed by atoms with Gasteiger partial charge in [0.1, 0.15) is 5.69 Å². The number of aryl methyl sites for hydroxylation is 1. The van der Waals surface area contributed by atoms with E-state index in [4.69, 9.17) is 18.4 Å². The molecule has 0 aliphatic carbocycles. The lowest BCUT2D eigenvalue weighted by Gasteiger charge is -2.19. The number of ether oxygens (including phenoxy) is 2. The normalized spacial score (nSPS) is 12.3. The van der Waals surface area contributed by atoms with Crippen LogP contribution in [0.3, 0.4) is 0 Å². The van der Waals surface area contributed by atoms with E-state index in [1.807, 2.05) is 49.4 Å². The van der Waals surface area contributed by atoms with Crippen LogP contribution in [0.25, 0.3) is 33.8 Å². The third-order valence-electron chi connectivity index (χ3n) is 5.93. The zero-order chi connectivity index (χ0) is 24.6. The number of amides is 1. The Morgan fingerprint density at radius 2 is 1.83 bits per heavy atom. The maximum absolute atomic E-state index is 13.8. The van der Waals surface area contributed by atoms with Crippen molar-refractivity contribution in [3.63, 3.8) is 0 Å². The highest BCUT2D eigenvalue weighted by Crippen LogP contribution is 2.38. The van der Waals surface area contributed by atoms with Gasteiger partial charge in [0.25, 0.3) is 11.6 Å². The van der Waals surface area contributed by atoms with Gasteiger partial charge in [-0.05, 0) is 50.2 Å². The van der Waals surface area contributed by atoms with E-state index in [0.29, 0.717) is 52.2 Å². The predicted octanol–water partition coefficient (Wildman–Crippen LogP) is 4.64. The van der Waals surface area contributed by atoms with Crippen LogP contribution in [0.1, 0.15) is 28.9 Å². The summed E-state index contributed by atoms with van der Waals surface area (Å²) < 4.78 is 22.3. The first-order valence-corrected chi connectivity index (χ1v) is 11.4. The molecule has 0 saturated carbocycles. The predicted molar refractivity (Wildman–Crippen MR) is 128 cm³/mol. The van der Waals surface area contributed by atoms with Gasteiger partial charge in [-0.1, -0.05) is 23.4 Å². The number of benzene rings is 2. The molecule has 1 amide bonds. The van der Waals surface area contributed by atoms with Crippen molar-refractivity contribution < 1.29 is 23.2 Å². The molecule has 0 spiro atoms. The number of rotatable bonds is 6. The van der Waals surface area contributed by atoms with Crippen LogP contribution in [0.5, 0.6) is 11.5 Å². The van der Waals surface area contributed by atoms with E-state index < -0.39 is 0 Å². The van der Waals surface area contributed by atoms with Crippen LogP contribution in [0, 0.1) is 6.92 Å². The molecule has 0 unspecified atom stereocenters. The van der Waals surface area contributed by atoms with E-state index in [1.165, 1.54) is 0 Å². The fraction of sp³-hybridized carbons (Fsp3) is 0.192. The molecule has 36 heavy (non-hydrogen) atoms. The number of nitrogens with zero attached hydrogens (tertiary/aromatic N) is 5. The third-order valence-corrected chi connectivity index (χ3v) is 5.93. The smallest absolute Gasteiger partial charge is 0.259 e. The summed E-state index contributed by atoms with van der Waals surface area (Å²) in [5, 5.41) is 13.0. The Labute approximate surface area is 205 Å². The Morgan fingerprint density at radius 1 is 1.00 bits per heavy atom. The van der Waals surface area contributed by atoms with Crippen molar-refractivity contribution in [3.05, 3.63) is 71.7 Å². The van der Waals surface area contributed by atoms with E-state index in [1.54, 1.807) is 24.0 Å². The minimum absolute atomic E-state index is 0.155. The van der Waals surface area contributed by atoms with Crippen LogP contribution in [0.4, 0.5) is 0 Å². The van der Waals surface area contributed by atoms with Gasteiger partial charge in [0.15, 0.2) is 11.5 Å². The zero-order valence-electron chi connectivity index (χ0n) is 19.6. The second kappa shape index (κ2) is 8.81. The summed E-state index contributed by atoms with van der Waals surface area (Å²) in [5.41, 5.74) is 3.39. The molecule has 10 nitrogen and oxygen atoms in total. The Bertz CT molecular complexity index is 1580. The number of carbonyl (C=O) groups is 1. The molecule has 180 valence electrons. The average molecular weight is 483 g/mol. The summed E-state index contributed by atoms with van der Waals surface area (Å²) in [6, 6.07) is 16.7. The molecule has 1 aliphatic heterocycles. The van der Waals surface area contributed by atoms with Crippen molar-refractivity contribution in [1.29, 1.82) is 0 Å². The number of aromatic nitrogens is 4. The lowest BCUT2D eigenvalue weighted by molar-refractivity contribution is 0.0740. The van der Waals surface area contributed by atoms with E-state index in [-0.39, 0.29) is 25.0 Å². The molecule has 3 aromatic heterocycles. The second-order valence-corrected chi connectivity index (χ2v) is 8.28. The molecule has 0 N–H and O–H groups in total. The highest BCUT2D eigenvalue weighted by molar-refractivity contribution is 6.09. The number of hydrogen-bond donors (Lipinski definition) is 0. The maximum atomic E-state index is 13.8. The lowest BCUT2D eigenvalue weighted by Crippen LogP contribution is -2.30. The van der Waals surface area contributed by atoms with Crippen LogP contribution < -0.4 is 9.47 Å². The maximum Gasteiger partial charge on any atom is 0.259 e. The number of carbonyl (C=O) groups excluding carboxylic acids is 1. The van der Waals surface area contributed by atoms with Gasteiger partial charge >= 0.3 is 0 Å².